The number of rotatable bonds is 2. The van der Waals surface area contributed by atoms with Gasteiger partial charge in [0.15, 0.2) is 0 Å². The van der Waals surface area contributed by atoms with Gasteiger partial charge in [-0.2, -0.15) is 0 Å². The normalized spacial score (nSPS) is 12.1. The largest absolute Gasteiger partial charge is 0.325 e. The molecule has 96 valence electrons. The van der Waals surface area contributed by atoms with Crippen LogP contribution in [0.4, 0.5) is 0 Å². The van der Waals surface area contributed by atoms with Crippen LogP contribution in [0.15, 0.2) is 18.2 Å². The zero-order valence-corrected chi connectivity index (χ0v) is 12.2. The molecular formula is C14H16Cl2N2. The Morgan fingerprint density at radius 3 is 2.50 bits per heavy atom. The van der Waals surface area contributed by atoms with Gasteiger partial charge in [-0.05, 0) is 51.0 Å². The van der Waals surface area contributed by atoms with Gasteiger partial charge in [0.25, 0.3) is 0 Å². The number of hydrogen-bond acceptors (Lipinski definition) is 2. The number of halogens is 2. The van der Waals surface area contributed by atoms with Gasteiger partial charge >= 0.3 is 0 Å². The molecule has 0 radical (unpaired) electrons. The fourth-order valence-corrected chi connectivity index (χ4v) is 2.61. The summed E-state index contributed by atoms with van der Waals surface area (Å²) in [6, 6.07) is 5.61. The number of aromatic nitrogens is 1. The average Bonchev–Trinajstić information content (AvgIpc) is 2.17. The van der Waals surface area contributed by atoms with Crippen LogP contribution >= 0.6 is 23.2 Å². The number of nitrogens with two attached hydrogens (primary N) is 1. The fraction of sp³-hybridized carbons (Fsp3) is 0.357. The van der Waals surface area contributed by atoms with Crippen LogP contribution in [0.5, 0.6) is 0 Å². The highest BCUT2D eigenvalue weighted by Gasteiger charge is 2.16. The third kappa shape index (κ3) is 2.94. The maximum absolute atomic E-state index is 6.25. The summed E-state index contributed by atoms with van der Waals surface area (Å²) in [5.41, 5.74) is 8.59. The van der Waals surface area contributed by atoms with Crippen molar-refractivity contribution in [2.45, 2.75) is 32.7 Å². The van der Waals surface area contributed by atoms with E-state index in [2.05, 4.69) is 4.98 Å². The summed E-state index contributed by atoms with van der Waals surface area (Å²) in [5, 5.41) is 2.22. The van der Waals surface area contributed by atoms with E-state index in [-0.39, 0.29) is 5.54 Å². The number of benzene rings is 1. The molecule has 0 aliphatic carbocycles. The number of hydrogen-bond donors (Lipinski definition) is 1. The van der Waals surface area contributed by atoms with Gasteiger partial charge in [-0.25, -0.2) is 0 Å². The van der Waals surface area contributed by atoms with E-state index >= 15 is 0 Å². The van der Waals surface area contributed by atoms with Gasteiger partial charge < -0.3 is 5.73 Å². The third-order valence-electron chi connectivity index (χ3n) is 2.68. The van der Waals surface area contributed by atoms with E-state index in [1.807, 2.05) is 39.0 Å². The lowest BCUT2D eigenvalue weighted by molar-refractivity contribution is 0.518. The Bertz CT molecular complexity index is 601. The minimum Gasteiger partial charge on any atom is -0.325 e. The van der Waals surface area contributed by atoms with Gasteiger partial charge in [-0.3, -0.25) is 4.98 Å². The summed E-state index contributed by atoms with van der Waals surface area (Å²) in [7, 11) is 0. The molecule has 0 aliphatic rings. The van der Waals surface area contributed by atoms with Crippen LogP contribution in [-0.2, 0) is 6.42 Å². The molecule has 1 aromatic heterocycles. The van der Waals surface area contributed by atoms with E-state index in [0.717, 1.165) is 22.2 Å². The van der Waals surface area contributed by atoms with Gasteiger partial charge in [0, 0.05) is 21.6 Å². The first-order chi connectivity index (χ1) is 8.26. The SMILES string of the molecule is Cc1cc(Cl)c2cc(Cl)cc(CC(C)(C)N)c2n1. The standard InChI is InChI=1S/C14H16Cl2N2/c1-8-4-12(16)11-6-10(15)5-9(13(11)18-8)7-14(2,3)17/h4-6H,7,17H2,1-3H3. The maximum atomic E-state index is 6.25. The molecule has 2 aromatic rings. The van der Waals surface area contributed by atoms with E-state index < -0.39 is 0 Å². The van der Waals surface area contributed by atoms with Crippen LogP contribution in [0.3, 0.4) is 0 Å². The average molecular weight is 283 g/mol. The molecule has 4 heteroatoms. The Labute approximate surface area is 117 Å². The highest BCUT2D eigenvalue weighted by molar-refractivity contribution is 6.36. The zero-order chi connectivity index (χ0) is 13.5. The molecule has 1 aromatic carbocycles. The van der Waals surface area contributed by atoms with Crippen molar-refractivity contribution in [3.63, 3.8) is 0 Å². The second-order valence-corrected chi connectivity index (χ2v) is 6.22. The lowest BCUT2D eigenvalue weighted by Gasteiger charge is -2.20. The topological polar surface area (TPSA) is 38.9 Å². The Morgan fingerprint density at radius 1 is 1.22 bits per heavy atom. The first-order valence-corrected chi connectivity index (χ1v) is 6.56. The first-order valence-electron chi connectivity index (χ1n) is 5.80. The monoisotopic (exact) mass is 282 g/mol. The molecule has 0 aliphatic heterocycles. The molecule has 0 saturated heterocycles. The molecule has 0 fully saturated rings. The lowest BCUT2D eigenvalue weighted by Crippen LogP contribution is -2.34. The molecule has 18 heavy (non-hydrogen) atoms. The zero-order valence-electron chi connectivity index (χ0n) is 10.7. The summed E-state index contributed by atoms with van der Waals surface area (Å²) in [6.07, 6.45) is 0.705. The molecule has 2 N–H and O–H groups in total. The predicted molar refractivity (Wildman–Crippen MR) is 78.5 cm³/mol. The van der Waals surface area contributed by atoms with Gasteiger partial charge in [0.05, 0.1) is 10.5 Å². The second kappa shape index (κ2) is 4.69. The molecule has 0 atom stereocenters. The fourth-order valence-electron chi connectivity index (χ4n) is 2.07. The molecule has 0 spiro atoms. The van der Waals surface area contributed by atoms with Crippen LogP contribution < -0.4 is 5.73 Å². The molecule has 2 rings (SSSR count). The molecular weight excluding hydrogens is 267 g/mol. The van der Waals surface area contributed by atoms with Crippen molar-refractivity contribution in [1.29, 1.82) is 0 Å². The quantitative estimate of drug-likeness (QED) is 0.900. The Balaban J connectivity index is 2.72. The summed E-state index contributed by atoms with van der Waals surface area (Å²) < 4.78 is 0. The highest BCUT2D eigenvalue weighted by Crippen LogP contribution is 2.30. The van der Waals surface area contributed by atoms with Crippen LogP contribution in [0, 0.1) is 6.92 Å². The lowest BCUT2D eigenvalue weighted by atomic mass is 9.94. The van der Waals surface area contributed by atoms with Crippen molar-refractivity contribution in [3.8, 4) is 0 Å². The predicted octanol–water partition coefficient (Wildman–Crippen LogP) is 4.13. The van der Waals surface area contributed by atoms with E-state index in [0.29, 0.717) is 16.5 Å². The summed E-state index contributed by atoms with van der Waals surface area (Å²) in [6.45, 7) is 5.89. The minimum absolute atomic E-state index is 0.310. The summed E-state index contributed by atoms with van der Waals surface area (Å²) >= 11 is 12.4. The highest BCUT2D eigenvalue weighted by atomic mass is 35.5. The molecule has 0 amide bonds. The first kappa shape index (κ1) is 13.6. The summed E-state index contributed by atoms with van der Waals surface area (Å²) in [5.74, 6) is 0. The van der Waals surface area contributed by atoms with Crippen LogP contribution in [0.25, 0.3) is 10.9 Å². The second-order valence-electron chi connectivity index (χ2n) is 5.37. The minimum atomic E-state index is -0.310. The maximum Gasteiger partial charge on any atom is 0.0753 e. The van der Waals surface area contributed by atoms with E-state index in [9.17, 15) is 0 Å². The molecule has 1 heterocycles. The van der Waals surface area contributed by atoms with E-state index in [4.69, 9.17) is 28.9 Å². The van der Waals surface area contributed by atoms with Crippen molar-refractivity contribution in [2.24, 2.45) is 5.73 Å². The van der Waals surface area contributed by atoms with Crippen LogP contribution in [0.1, 0.15) is 25.1 Å². The van der Waals surface area contributed by atoms with E-state index in [1.165, 1.54) is 0 Å². The molecule has 2 nitrogen and oxygen atoms in total. The third-order valence-corrected chi connectivity index (χ3v) is 3.21. The molecule has 0 saturated carbocycles. The van der Waals surface area contributed by atoms with Gasteiger partial charge in [-0.1, -0.05) is 23.2 Å². The van der Waals surface area contributed by atoms with Crippen molar-refractivity contribution in [2.75, 3.05) is 0 Å². The number of aryl methyl sites for hydroxylation is 1. The van der Waals surface area contributed by atoms with Crippen molar-refractivity contribution in [3.05, 3.63) is 39.5 Å². The van der Waals surface area contributed by atoms with Gasteiger partial charge in [-0.15, -0.1) is 0 Å². The van der Waals surface area contributed by atoms with Crippen LogP contribution in [0.2, 0.25) is 10.0 Å². The van der Waals surface area contributed by atoms with Crippen LogP contribution in [-0.4, -0.2) is 10.5 Å². The van der Waals surface area contributed by atoms with Crippen molar-refractivity contribution in [1.82, 2.24) is 4.98 Å². The van der Waals surface area contributed by atoms with Crippen molar-refractivity contribution >= 4 is 34.1 Å². The Morgan fingerprint density at radius 2 is 1.89 bits per heavy atom. The Hall–Kier alpha value is -0.830. The van der Waals surface area contributed by atoms with Gasteiger partial charge in [0.1, 0.15) is 0 Å². The van der Waals surface area contributed by atoms with Gasteiger partial charge in [0.2, 0.25) is 0 Å². The molecule has 0 unspecified atom stereocenters. The van der Waals surface area contributed by atoms with E-state index in [1.54, 1.807) is 0 Å². The van der Waals surface area contributed by atoms with Crippen molar-refractivity contribution < 1.29 is 0 Å². The summed E-state index contributed by atoms with van der Waals surface area (Å²) in [4.78, 5) is 4.56. The number of pyridine rings is 1. The number of nitrogens with zero attached hydrogens (tertiary/aromatic N) is 1. The Kier molecular flexibility index (Phi) is 3.54. The smallest absolute Gasteiger partial charge is 0.0753 e. The number of fused-ring (bicyclic) bond motifs is 1. The molecule has 0 bridgehead atoms.